The van der Waals surface area contributed by atoms with E-state index in [1.54, 1.807) is 0 Å². The predicted octanol–water partition coefficient (Wildman–Crippen LogP) is 2.81. The third kappa shape index (κ3) is 4.58. The summed E-state index contributed by atoms with van der Waals surface area (Å²) in [7, 11) is -1.25. The summed E-state index contributed by atoms with van der Waals surface area (Å²) in [5.74, 6) is 3.33. The first kappa shape index (κ1) is 13.8. The summed E-state index contributed by atoms with van der Waals surface area (Å²) in [6.07, 6.45) is 0. The fraction of sp³-hybridized carbons (Fsp3) is 0.571. The van der Waals surface area contributed by atoms with E-state index in [0.717, 1.165) is 32.8 Å². The van der Waals surface area contributed by atoms with Crippen molar-refractivity contribution in [3.63, 3.8) is 0 Å². The van der Waals surface area contributed by atoms with Crippen molar-refractivity contribution in [2.24, 2.45) is 0 Å². The molecule has 0 aromatic carbocycles. The third-order valence-corrected chi connectivity index (χ3v) is 4.57. The Morgan fingerprint density at radius 3 is 2.67 bits per heavy atom. The highest BCUT2D eigenvalue weighted by Gasteiger charge is 2.12. The molecule has 1 aromatic heterocycles. The van der Waals surface area contributed by atoms with Crippen molar-refractivity contribution in [3.8, 4) is 11.5 Å². The average molecular weight is 279 g/mol. The smallest absolute Gasteiger partial charge is 0.129 e. The van der Waals surface area contributed by atoms with Gasteiger partial charge in [-0.15, -0.1) is 16.9 Å². The molecule has 1 saturated heterocycles. The minimum absolute atomic E-state index is 0.869. The van der Waals surface area contributed by atoms with E-state index in [1.165, 1.54) is 9.75 Å². The second kappa shape index (κ2) is 6.03. The lowest BCUT2D eigenvalue weighted by Crippen LogP contribution is -2.35. The second-order valence-electron chi connectivity index (χ2n) is 5.65. The molecule has 0 unspecified atom stereocenters. The molecular weight excluding hydrogens is 258 g/mol. The molecule has 0 N–H and O–H groups in total. The van der Waals surface area contributed by atoms with Crippen LogP contribution in [0.4, 0.5) is 0 Å². The van der Waals surface area contributed by atoms with E-state index < -0.39 is 8.07 Å². The van der Waals surface area contributed by atoms with Crippen LogP contribution in [0.5, 0.6) is 0 Å². The zero-order chi connectivity index (χ0) is 13.0. The highest BCUT2D eigenvalue weighted by Crippen LogP contribution is 2.18. The molecule has 1 aliphatic rings. The van der Waals surface area contributed by atoms with Crippen LogP contribution in [-0.2, 0) is 11.3 Å². The van der Waals surface area contributed by atoms with Crippen LogP contribution in [0.25, 0.3) is 0 Å². The molecule has 0 aliphatic carbocycles. The lowest BCUT2D eigenvalue weighted by Gasteiger charge is -2.25. The van der Waals surface area contributed by atoms with Crippen LogP contribution in [0.2, 0.25) is 19.6 Å². The van der Waals surface area contributed by atoms with E-state index in [9.17, 15) is 0 Å². The molecule has 1 fully saturated rings. The van der Waals surface area contributed by atoms with Crippen molar-refractivity contribution >= 4 is 19.4 Å². The zero-order valence-electron chi connectivity index (χ0n) is 11.5. The van der Waals surface area contributed by atoms with Gasteiger partial charge in [0.15, 0.2) is 0 Å². The molecule has 0 bridgehead atoms. The summed E-state index contributed by atoms with van der Waals surface area (Å²) in [6.45, 7) is 11.7. The Balaban J connectivity index is 1.94. The minimum Gasteiger partial charge on any atom is -0.379 e. The summed E-state index contributed by atoms with van der Waals surface area (Å²) >= 11 is 1.83. The van der Waals surface area contributed by atoms with E-state index in [4.69, 9.17) is 4.74 Å². The van der Waals surface area contributed by atoms with Gasteiger partial charge >= 0.3 is 0 Å². The fourth-order valence-electron chi connectivity index (χ4n) is 1.76. The van der Waals surface area contributed by atoms with Gasteiger partial charge < -0.3 is 4.74 Å². The Hall–Kier alpha value is -0.603. The van der Waals surface area contributed by atoms with E-state index in [1.807, 2.05) is 11.3 Å². The monoisotopic (exact) mass is 279 g/mol. The largest absolute Gasteiger partial charge is 0.379 e. The molecule has 2 nitrogen and oxygen atoms in total. The quantitative estimate of drug-likeness (QED) is 0.610. The Morgan fingerprint density at radius 2 is 2.00 bits per heavy atom. The lowest BCUT2D eigenvalue weighted by molar-refractivity contribution is 0.0346. The Labute approximate surface area is 115 Å². The van der Waals surface area contributed by atoms with Crippen LogP contribution in [0, 0.1) is 11.5 Å². The van der Waals surface area contributed by atoms with Gasteiger partial charge in [0.1, 0.15) is 8.07 Å². The first-order chi connectivity index (χ1) is 8.53. The molecule has 1 aliphatic heterocycles. The van der Waals surface area contributed by atoms with Gasteiger partial charge in [-0.1, -0.05) is 25.6 Å². The third-order valence-electron chi connectivity index (χ3n) is 2.71. The van der Waals surface area contributed by atoms with Crippen LogP contribution in [0.3, 0.4) is 0 Å². The van der Waals surface area contributed by atoms with Gasteiger partial charge in [0.2, 0.25) is 0 Å². The molecule has 18 heavy (non-hydrogen) atoms. The van der Waals surface area contributed by atoms with Crippen molar-refractivity contribution in [1.82, 2.24) is 4.90 Å². The Bertz CT molecular complexity index is 446. The van der Waals surface area contributed by atoms with Gasteiger partial charge in [0.05, 0.1) is 18.1 Å². The van der Waals surface area contributed by atoms with Gasteiger partial charge in [0.25, 0.3) is 0 Å². The Kier molecular flexibility index (Phi) is 4.63. The van der Waals surface area contributed by atoms with E-state index >= 15 is 0 Å². The SMILES string of the molecule is C[Si](C)(C)C#Cc1ccc(CN2CCOCC2)s1. The molecule has 0 saturated carbocycles. The lowest BCUT2D eigenvalue weighted by atomic mass is 10.3. The van der Waals surface area contributed by atoms with Crippen LogP contribution < -0.4 is 0 Å². The molecule has 2 heterocycles. The van der Waals surface area contributed by atoms with Gasteiger partial charge in [-0.25, -0.2) is 0 Å². The second-order valence-corrected chi connectivity index (χ2v) is 11.6. The van der Waals surface area contributed by atoms with E-state index in [-0.39, 0.29) is 0 Å². The van der Waals surface area contributed by atoms with Gasteiger partial charge in [-0.2, -0.15) is 0 Å². The van der Waals surface area contributed by atoms with Gasteiger partial charge in [-0.05, 0) is 12.1 Å². The van der Waals surface area contributed by atoms with Crippen molar-refractivity contribution in [2.45, 2.75) is 26.2 Å². The Morgan fingerprint density at radius 1 is 1.28 bits per heavy atom. The first-order valence-corrected chi connectivity index (χ1v) is 10.8. The number of morpholine rings is 1. The topological polar surface area (TPSA) is 12.5 Å². The van der Waals surface area contributed by atoms with Crippen LogP contribution in [-0.4, -0.2) is 39.3 Å². The van der Waals surface area contributed by atoms with E-state index in [2.05, 4.69) is 48.1 Å². The maximum Gasteiger partial charge on any atom is 0.129 e. The highest BCUT2D eigenvalue weighted by molar-refractivity contribution is 7.12. The maximum atomic E-state index is 5.36. The normalized spacial score (nSPS) is 17.3. The molecule has 4 heteroatoms. The number of rotatable bonds is 2. The molecule has 0 atom stereocenters. The fourth-order valence-corrected chi connectivity index (χ4v) is 3.26. The van der Waals surface area contributed by atoms with Crippen molar-refractivity contribution in [2.75, 3.05) is 26.3 Å². The summed E-state index contributed by atoms with van der Waals surface area (Å²) < 4.78 is 5.36. The zero-order valence-corrected chi connectivity index (χ0v) is 13.3. The highest BCUT2D eigenvalue weighted by atomic mass is 32.1. The summed E-state index contributed by atoms with van der Waals surface area (Å²) in [4.78, 5) is 5.07. The van der Waals surface area contributed by atoms with Crippen molar-refractivity contribution < 1.29 is 4.74 Å². The van der Waals surface area contributed by atoms with Crippen LogP contribution in [0.15, 0.2) is 12.1 Å². The average Bonchev–Trinajstić information content (AvgIpc) is 2.75. The molecule has 98 valence electrons. The van der Waals surface area contributed by atoms with Crippen molar-refractivity contribution in [3.05, 3.63) is 21.9 Å². The molecule has 0 amide bonds. The summed E-state index contributed by atoms with van der Waals surface area (Å²) in [6, 6.07) is 4.38. The van der Waals surface area contributed by atoms with Crippen LogP contribution in [0.1, 0.15) is 9.75 Å². The number of hydrogen-bond acceptors (Lipinski definition) is 3. The molecular formula is C14H21NOSSi. The molecule has 0 radical (unpaired) electrons. The van der Waals surface area contributed by atoms with Gasteiger partial charge in [-0.3, -0.25) is 4.90 Å². The molecule has 0 spiro atoms. The molecule has 2 rings (SSSR count). The predicted molar refractivity (Wildman–Crippen MR) is 80.6 cm³/mol. The van der Waals surface area contributed by atoms with Crippen LogP contribution >= 0.6 is 11.3 Å². The van der Waals surface area contributed by atoms with Crippen molar-refractivity contribution in [1.29, 1.82) is 0 Å². The maximum absolute atomic E-state index is 5.36. The standard InChI is InChI=1S/C14H21NOSSi/c1-18(2,3)11-6-13-4-5-14(17-13)12-15-7-9-16-10-8-15/h4-5H,7-10,12H2,1-3H3. The molecule has 1 aromatic rings. The summed E-state index contributed by atoms with van der Waals surface area (Å²) in [5, 5.41) is 0. The van der Waals surface area contributed by atoms with Gasteiger partial charge in [0, 0.05) is 24.5 Å². The number of thiophene rings is 1. The van der Waals surface area contributed by atoms with E-state index in [0.29, 0.717) is 0 Å². The number of ether oxygens (including phenoxy) is 1. The first-order valence-electron chi connectivity index (χ1n) is 6.45. The number of hydrogen-bond donors (Lipinski definition) is 0. The number of nitrogens with zero attached hydrogens (tertiary/aromatic N) is 1. The summed E-state index contributed by atoms with van der Waals surface area (Å²) in [5.41, 5.74) is 3.42. The minimum atomic E-state index is -1.25.